The number of unbranched alkanes of at least 4 members (excludes halogenated alkanes) is 2. The molecule has 0 amide bonds. The van der Waals surface area contributed by atoms with E-state index in [1.54, 1.807) is 0 Å². The zero-order valence-corrected chi connectivity index (χ0v) is 30.0. The third kappa shape index (κ3) is 6.41. The first-order valence-electron chi connectivity index (χ1n) is 17.7. The molecule has 0 atom stereocenters. The summed E-state index contributed by atoms with van der Waals surface area (Å²) in [6, 6.07) is 39.4. The lowest BCUT2D eigenvalue weighted by Crippen LogP contribution is -2.48. The van der Waals surface area contributed by atoms with Crippen LogP contribution in [-0.4, -0.2) is 14.7 Å². The second-order valence-electron chi connectivity index (χ2n) is 13.8. The molecule has 0 spiro atoms. The Kier molecular flexibility index (Phi) is 9.99. The van der Waals surface area contributed by atoms with Gasteiger partial charge in [0.1, 0.15) is 12.4 Å². The number of aryl methyl sites for hydroxylation is 3. The van der Waals surface area contributed by atoms with E-state index >= 15 is 0 Å². The van der Waals surface area contributed by atoms with Gasteiger partial charge >= 0.3 is 0 Å². The number of benzene rings is 5. The Hall–Kier alpha value is -4.14. The second kappa shape index (κ2) is 14.3. The van der Waals surface area contributed by atoms with Crippen LogP contribution in [0.15, 0.2) is 116 Å². The van der Waals surface area contributed by atoms with Gasteiger partial charge < -0.3 is 4.74 Å². The zero-order valence-electron chi connectivity index (χ0n) is 29.0. The van der Waals surface area contributed by atoms with Crippen molar-refractivity contribution in [3.8, 4) is 39.1 Å². The van der Waals surface area contributed by atoms with E-state index in [4.69, 9.17) is 4.74 Å². The quantitative estimate of drug-likeness (QED) is 0.0925. The molecule has 1 aliphatic carbocycles. The van der Waals surface area contributed by atoms with Crippen LogP contribution in [-0.2, 0) is 12.8 Å². The van der Waals surface area contributed by atoms with Crippen LogP contribution in [0.25, 0.3) is 33.4 Å². The minimum atomic E-state index is -2.25. The fourth-order valence-corrected chi connectivity index (χ4v) is 11.5. The lowest BCUT2D eigenvalue weighted by Gasteiger charge is -2.34. The third-order valence-electron chi connectivity index (χ3n) is 10.2. The highest BCUT2D eigenvalue weighted by Gasteiger charge is 2.44. The first kappa shape index (κ1) is 32.8. The predicted molar refractivity (Wildman–Crippen MR) is 206 cm³/mol. The summed E-state index contributed by atoms with van der Waals surface area (Å²) >= 11 is 0. The van der Waals surface area contributed by atoms with E-state index in [1.807, 2.05) is 6.08 Å². The molecular formula is C45H50OSi. The van der Waals surface area contributed by atoms with Gasteiger partial charge in [-0.05, 0) is 99.0 Å². The smallest absolute Gasteiger partial charge is 0.121 e. The Bertz CT molecular complexity index is 1780. The fourth-order valence-electron chi connectivity index (χ4n) is 7.80. The standard InChI is InChI=1S/C45H50OSi/c1-7-10-18-33-20-12-14-22-37(33)35-25-27-39-40-28-26-36(38-23-15-13-21-34(38)19-11-8-2)31-42(40)45(41(39)30-35)47(5,6)43-24-16-17-32(4)44(43)46-29-9-3/h9,12-17,20-28,30-31,45H,3,7-8,10-11,18-19,29H2,1-2,4-6H3. The summed E-state index contributed by atoms with van der Waals surface area (Å²) in [6.45, 7) is 16.3. The van der Waals surface area contributed by atoms with Gasteiger partial charge in [-0.15, -0.1) is 0 Å². The van der Waals surface area contributed by atoms with Gasteiger partial charge in [0, 0.05) is 5.54 Å². The van der Waals surface area contributed by atoms with Crippen LogP contribution in [0.2, 0.25) is 13.1 Å². The average molecular weight is 635 g/mol. The molecule has 2 heteroatoms. The monoisotopic (exact) mass is 634 g/mol. The summed E-state index contributed by atoms with van der Waals surface area (Å²) in [7, 11) is -2.25. The molecule has 5 aromatic carbocycles. The topological polar surface area (TPSA) is 9.23 Å². The molecule has 0 saturated heterocycles. The van der Waals surface area contributed by atoms with E-state index in [2.05, 4.69) is 144 Å². The maximum absolute atomic E-state index is 6.45. The Balaban J connectivity index is 1.55. The lowest BCUT2D eigenvalue weighted by molar-refractivity contribution is 0.363. The SMILES string of the molecule is C=CCOc1c(C)cccc1[Si](C)(C)C1c2cc(-c3ccccc3CCCC)ccc2-c2ccc(-c3ccccc3CCCC)cc21. The van der Waals surface area contributed by atoms with Crippen LogP contribution in [0.5, 0.6) is 5.75 Å². The molecule has 0 radical (unpaired) electrons. The van der Waals surface area contributed by atoms with E-state index in [0.717, 1.165) is 18.6 Å². The van der Waals surface area contributed by atoms with Crippen molar-refractivity contribution in [1.82, 2.24) is 0 Å². The van der Waals surface area contributed by atoms with Crippen molar-refractivity contribution >= 4 is 13.3 Å². The summed E-state index contributed by atoms with van der Waals surface area (Å²) in [5.74, 6) is 1.04. The van der Waals surface area contributed by atoms with Crippen LogP contribution in [0.4, 0.5) is 0 Å². The van der Waals surface area contributed by atoms with Crippen molar-refractivity contribution in [2.75, 3.05) is 6.61 Å². The van der Waals surface area contributed by atoms with Gasteiger partial charge in [0.2, 0.25) is 0 Å². The van der Waals surface area contributed by atoms with Gasteiger partial charge in [-0.2, -0.15) is 0 Å². The molecule has 1 aliphatic rings. The third-order valence-corrected chi connectivity index (χ3v) is 14.1. The molecule has 0 unspecified atom stereocenters. The number of para-hydroxylation sites is 1. The highest BCUT2D eigenvalue weighted by molar-refractivity contribution is 6.92. The van der Waals surface area contributed by atoms with Gasteiger partial charge in [-0.3, -0.25) is 0 Å². The van der Waals surface area contributed by atoms with Crippen molar-refractivity contribution < 1.29 is 4.74 Å². The highest BCUT2D eigenvalue weighted by Crippen LogP contribution is 2.51. The van der Waals surface area contributed by atoms with Crippen molar-refractivity contribution in [1.29, 1.82) is 0 Å². The van der Waals surface area contributed by atoms with Crippen LogP contribution in [0.3, 0.4) is 0 Å². The zero-order chi connectivity index (χ0) is 33.0. The fraction of sp³-hybridized carbons (Fsp3) is 0.289. The number of rotatable bonds is 13. The van der Waals surface area contributed by atoms with E-state index in [0.29, 0.717) is 6.61 Å². The van der Waals surface area contributed by atoms with Gasteiger partial charge in [0.05, 0.1) is 8.07 Å². The first-order chi connectivity index (χ1) is 22.9. The first-order valence-corrected chi connectivity index (χ1v) is 20.7. The van der Waals surface area contributed by atoms with Crippen molar-refractivity contribution in [3.05, 3.63) is 144 Å². The molecule has 0 fully saturated rings. The number of hydrogen-bond acceptors (Lipinski definition) is 1. The Labute approximate surface area is 284 Å². The molecular weight excluding hydrogens is 585 g/mol. The van der Waals surface area contributed by atoms with Crippen molar-refractivity contribution in [2.45, 2.75) is 77.9 Å². The molecule has 0 saturated carbocycles. The minimum Gasteiger partial charge on any atom is -0.489 e. The molecule has 47 heavy (non-hydrogen) atoms. The molecule has 0 aliphatic heterocycles. The molecule has 0 heterocycles. The maximum Gasteiger partial charge on any atom is 0.121 e. The Morgan fingerprint density at radius 1 is 0.660 bits per heavy atom. The minimum absolute atomic E-state index is 0.283. The Morgan fingerprint density at radius 2 is 1.19 bits per heavy atom. The summed E-state index contributed by atoms with van der Waals surface area (Å²) < 4.78 is 6.45. The highest BCUT2D eigenvalue weighted by atomic mass is 28.3. The van der Waals surface area contributed by atoms with Gasteiger partial charge in [0.15, 0.2) is 0 Å². The van der Waals surface area contributed by atoms with Crippen LogP contribution in [0, 0.1) is 6.92 Å². The van der Waals surface area contributed by atoms with E-state index in [-0.39, 0.29) is 5.54 Å². The second-order valence-corrected chi connectivity index (χ2v) is 18.4. The predicted octanol–water partition coefficient (Wildman–Crippen LogP) is 11.8. The van der Waals surface area contributed by atoms with Crippen molar-refractivity contribution in [3.63, 3.8) is 0 Å². The molecule has 0 N–H and O–H groups in total. The molecule has 0 aromatic heterocycles. The molecule has 6 rings (SSSR count). The normalized spacial score (nSPS) is 12.5. The summed E-state index contributed by atoms with van der Waals surface area (Å²) in [5.41, 5.74) is 15.5. The largest absolute Gasteiger partial charge is 0.489 e. The number of ether oxygens (including phenoxy) is 1. The number of fused-ring (bicyclic) bond motifs is 3. The van der Waals surface area contributed by atoms with Crippen LogP contribution >= 0.6 is 0 Å². The van der Waals surface area contributed by atoms with Crippen molar-refractivity contribution in [2.24, 2.45) is 0 Å². The maximum atomic E-state index is 6.45. The van der Waals surface area contributed by atoms with Gasteiger partial charge in [-0.25, -0.2) is 0 Å². The molecule has 0 bridgehead atoms. The summed E-state index contributed by atoms with van der Waals surface area (Å²) in [4.78, 5) is 0. The van der Waals surface area contributed by atoms with Gasteiger partial charge in [-0.1, -0.05) is 156 Å². The van der Waals surface area contributed by atoms with Crippen LogP contribution < -0.4 is 9.92 Å². The molecule has 5 aromatic rings. The number of hydrogen-bond donors (Lipinski definition) is 0. The van der Waals surface area contributed by atoms with Crippen LogP contribution in [0.1, 0.15) is 72.9 Å². The molecule has 1 nitrogen and oxygen atoms in total. The van der Waals surface area contributed by atoms with Gasteiger partial charge in [0.25, 0.3) is 0 Å². The lowest BCUT2D eigenvalue weighted by atomic mass is 9.93. The summed E-state index contributed by atoms with van der Waals surface area (Å²) in [5, 5.41) is 1.38. The van der Waals surface area contributed by atoms with E-state index < -0.39 is 8.07 Å². The molecule has 240 valence electrons. The Morgan fingerprint density at radius 3 is 1.70 bits per heavy atom. The average Bonchev–Trinajstić information content (AvgIpc) is 3.43. The summed E-state index contributed by atoms with van der Waals surface area (Å²) in [6.07, 6.45) is 8.90. The van der Waals surface area contributed by atoms with E-state index in [1.165, 1.54) is 92.1 Å². The van der Waals surface area contributed by atoms with E-state index in [9.17, 15) is 0 Å².